The lowest BCUT2D eigenvalue weighted by Gasteiger charge is -2.23. The van der Waals surface area contributed by atoms with Crippen LogP contribution in [-0.2, 0) is 11.2 Å². The summed E-state index contributed by atoms with van der Waals surface area (Å²) >= 11 is 0. The van der Waals surface area contributed by atoms with Gasteiger partial charge in [0.05, 0.1) is 24.4 Å². The van der Waals surface area contributed by atoms with Gasteiger partial charge >= 0.3 is 0 Å². The number of hydrogen-bond donors (Lipinski definition) is 2. The number of aryl methyl sites for hydroxylation is 1. The van der Waals surface area contributed by atoms with Gasteiger partial charge in [-0.2, -0.15) is 0 Å². The van der Waals surface area contributed by atoms with E-state index in [2.05, 4.69) is 41.6 Å². The molecule has 1 saturated heterocycles. The summed E-state index contributed by atoms with van der Waals surface area (Å²) in [6, 6.07) is 8.88. The fraction of sp³-hybridized carbons (Fsp3) is 0.684. The number of nitrogens with zero attached hydrogens (tertiary/aromatic N) is 1. The molecule has 2 rings (SSSR count). The van der Waals surface area contributed by atoms with Crippen molar-refractivity contribution in [1.29, 1.82) is 0 Å². The van der Waals surface area contributed by atoms with Gasteiger partial charge in [-0.3, -0.25) is 0 Å². The molecule has 0 saturated carbocycles. The van der Waals surface area contributed by atoms with Crippen molar-refractivity contribution in [2.45, 2.75) is 57.4 Å². The first-order chi connectivity index (χ1) is 11.2. The molecule has 1 aromatic rings. The molecule has 0 aromatic heterocycles. The summed E-state index contributed by atoms with van der Waals surface area (Å²) in [5.74, 6) is 0. The van der Waals surface area contributed by atoms with Crippen LogP contribution in [0, 0.1) is 0 Å². The molecular formula is C19H33N3O. The quantitative estimate of drug-likeness (QED) is 0.650. The van der Waals surface area contributed by atoms with Crippen LogP contribution in [0.15, 0.2) is 24.3 Å². The van der Waals surface area contributed by atoms with E-state index in [0.29, 0.717) is 6.61 Å². The molecule has 1 unspecified atom stereocenters. The molecule has 0 amide bonds. The molecule has 1 aromatic carbocycles. The Hall–Kier alpha value is -1.10. The second-order valence-electron chi connectivity index (χ2n) is 6.90. The minimum atomic E-state index is -0.300. The predicted molar refractivity (Wildman–Crippen MR) is 97.7 cm³/mol. The smallest absolute Gasteiger partial charge is 0.0729 e. The van der Waals surface area contributed by atoms with E-state index >= 15 is 0 Å². The normalized spacial score (nSPS) is 21.1. The number of rotatable bonds is 10. The molecule has 130 valence electrons. The zero-order valence-electron chi connectivity index (χ0n) is 14.8. The molecule has 4 heteroatoms. The predicted octanol–water partition coefficient (Wildman–Crippen LogP) is 3.26. The van der Waals surface area contributed by atoms with Crippen molar-refractivity contribution in [3.63, 3.8) is 0 Å². The van der Waals surface area contributed by atoms with Crippen LogP contribution in [0.25, 0.3) is 0 Å². The Morgan fingerprint density at radius 2 is 1.83 bits per heavy atom. The zero-order chi connectivity index (χ0) is 16.5. The topological polar surface area (TPSA) is 50.5 Å². The molecule has 0 aliphatic carbocycles. The van der Waals surface area contributed by atoms with Crippen LogP contribution in [0.3, 0.4) is 0 Å². The van der Waals surface area contributed by atoms with Gasteiger partial charge in [-0.05, 0) is 30.5 Å². The average molecular weight is 319 g/mol. The lowest BCUT2D eigenvalue weighted by atomic mass is 10.0. The number of unbranched alkanes of at least 4 members (excludes halogenated alkanes) is 5. The van der Waals surface area contributed by atoms with Crippen molar-refractivity contribution >= 4 is 5.69 Å². The number of methoxy groups -OCH3 is 1. The van der Waals surface area contributed by atoms with E-state index in [1.54, 1.807) is 7.11 Å². The van der Waals surface area contributed by atoms with Crippen molar-refractivity contribution in [2.24, 2.45) is 5.73 Å². The fourth-order valence-electron chi connectivity index (χ4n) is 3.20. The van der Waals surface area contributed by atoms with Crippen LogP contribution in [-0.4, -0.2) is 32.3 Å². The molecule has 1 atom stereocenters. The van der Waals surface area contributed by atoms with Crippen molar-refractivity contribution < 1.29 is 4.74 Å². The summed E-state index contributed by atoms with van der Waals surface area (Å²) < 4.78 is 5.22. The van der Waals surface area contributed by atoms with Crippen molar-refractivity contribution in [2.75, 3.05) is 31.8 Å². The average Bonchev–Trinajstić information content (AvgIpc) is 2.94. The Balaban J connectivity index is 1.74. The maximum absolute atomic E-state index is 6.31. The summed E-state index contributed by atoms with van der Waals surface area (Å²) in [6.45, 7) is 4.37. The minimum Gasteiger partial charge on any atom is -0.383 e. The minimum absolute atomic E-state index is 0.300. The zero-order valence-corrected chi connectivity index (χ0v) is 14.8. The Kier molecular flexibility index (Phi) is 7.34. The number of ether oxygens (including phenoxy) is 1. The van der Waals surface area contributed by atoms with Gasteiger partial charge in [0.2, 0.25) is 0 Å². The van der Waals surface area contributed by atoms with Gasteiger partial charge in [0.1, 0.15) is 0 Å². The van der Waals surface area contributed by atoms with Crippen LogP contribution < -0.4 is 16.2 Å². The molecular weight excluding hydrogens is 286 g/mol. The van der Waals surface area contributed by atoms with E-state index in [1.807, 2.05) is 0 Å². The third-order valence-corrected chi connectivity index (χ3v) is 4.59. The van der Waals surface area contributed by atoms with E-state index < -0.39 is 0 Å². The third-order valence-electron chi connectivity index (χ3n) is 4.59. The lowest BCUT2D eigenvalue weighted by Crippen LogP contribution is -2.49. The Labute approximate surface area is 141 Å². The highest BCUT2D eigenvalue weighted by molar-refractivity contribution is 5.48. The van der Waals surface area contributed by atoms with Crippen LogP contribution >= 0.6 is 0 Å². The molecule has 23 heavy (non-hydrogen) atoms. The highest BCUT2D eigenvalue weighted by Gasteiger charge is 2.34. The van der Waals surface area contributed by atoms with Crippen molar-refractivity contribution in [1.82, 2.24) is 5.43 Å². The molecule has 4 nitrogen and oxygen atoms in total. The standard InChI is InChI=1S/C19H33N3O/c1-3-4-5-6-7-8-9-17-10-12-18(13-11-17)22-15-19(20,14-21-22)16-23-2/h10-13,21H,3-9,14-16,20H2,1-2H3. The molecule has 1 aliphatic heterocycles. The second-order valence-corrected chi connectivity index (χ2v) is 6.90. The molecule has 0 radical (unpaired) electrons. The van der Waals surface area contributed by atoms with Crippen LogP contribution in [0.1, 0.15) is 51.0 Å². The number of nitrogens with one attached hydrogen (secondary N) is 1. The van der Waals surface area contributed by atoms with Gasteiger partial charge in [0.25, 0.3) is 0 Å². The van der Waals surface area contributed by atoms with Gasteiger partial charge in [-0.15, -0.1) is 0 Å². The SMILES string of the molecule is CCCCCCCCc1ccc(N2CC(N)(COC)CN2)cc1. The van der Waals surface area contributed by atoms with E-state index in [-0.39, 0.29) is 5.54 Å². The first-order valence-electron chi connectivity index (χ1n) is 9.05. The van der Waals surface area contributed by atoms with Gasteiger partial charge in [-0.25, -0.2) is 5.43 Å². The number of hydrazine groups is 1. The van der Waals surface area contributed by atoms with Crippen LogP contribution in [0.4, 0.5) is 5.69 Å². The highest BCUT2D eigenvalue weighted by Crippen LogP contribution is 2.21. The fourth-order valence-corrected chi connectivity index (χ4v) is 3.20. The molecule has 1 fully saturated rings. The summed E-state index contributed by atoms with van der Waals surface area (Å²) in [5.41, 5.74) is 12.0. The molecule has 3 N–H and O–H groups in total. The largest absolute Gasteiger partial charge is 0.383 e. The van der Waals surface area contributed by atoms with Crippen LogP contribution in [0.2, 0.25) is 0 Å². The van der Waals surface area contributed by atoms with Gasteiger partial charge < -0.3 is 15.5 Å². The number of anilines is 1. The first kappa shape index (κ1) is 18.2. The molecule has 0 bridgehead atoms. The Morgan fingerprint density at radius 3 is 2.52 bits per heavy atom. The van der Waals surface area contributed by atoms with E-state index in [9.17, 15) is 0 Å². The number of nitrogens with two attached hydrogens (primary N) is 1. The molecule has 1 heterocycles. The second kappa shape index (κ2) is 9.26. The maximum Gasteiger partial charge on any atom is 0.0729 e. The molecule has 1 aliphatic rings. The van der Waals surface area contributed by atoms with E-state index in [0.717, 1.165) is 13.1 Å². The summed E-state index contributed by atoms with van der Waals surface area (Å²) in [4.78, 5) is 0. The van der Waals surface area contributed by atoms with Gasteiger partial charge in [-0.1, -0.05) is 51.2 Å². The molecule has 0 spiro atoms. The lowest BCUT2D eigenvalue weighted by molar-refractivity contribution is 0.147. The summed E-state index contributed by atoms with van der Waals surface area (Å²) in [7, 11) is 1.70. The van der Waals surface area contributed by atoms with Gasteiger partial charge in [0, 0.05) is 13.7 Å². The van der Waals surface area contributed by atoms with E-state index in [4.69, 9.17) is 10.5 Å². The highest BCUT2D eigenvalue weighted by atomic mass is 16.5. The van der Waals surface area contributed by atoms with E-state index in [1.165, 1.54) is 56.2 Å². The summed E-state index contributed by atoms with van der Waals surface area (Å²) in [5, 5.41) is 2.13. The van der Waals surface area contributed by atoms with Crippen LogP contribution in [0.5, 0.6) is 0 Å². The first-order valence-corrected chi connectivity index (χ1v) is 9.05. The van der Waals surface area contributed by atoms with Crippen molar-refractivity contribution in [3.8, 4) is 0 Å². The van der Waals surface area contributed by atoms with Crippen molar-refractivity contribution in [3.05, 3.63) is 29.8 Å². The Bertz CT molecular complexity index is 448. The monoisotopic (exact) mass is 319 g/mol. The maximum atomic E-state index is 6.31. The van der Waals surface area contributed by atoms with Gasteiger partial charge in [0.15, 0.2) is 0 Å². The number of benzene rings is 1. The third kappa shape index (κ3) is 5.79. The summed E-state index contributed by atoms with van der Waals surface area (Å²) in [6.07, 6.45) is 9.29. The number of hydrogen-bond acceptors (Lipinski definition) is 4. The Morgan fingerprint density at radius 1 is 1.13 bits per heavy atom.